The molecular formula is C28H29N3O2. The Morgan fingerprint density at radius 1 is 0.970 bits per heavy atom. The summed E-state index contributed by atoms with van der Waals surface area (Å²) in [5, 5.41) is 3.10. The molecule has 2 aromatic carbocycles. The molecule has 0 bridgehead atoms. The SMILES string of the molecule is O=C(Nc1ccc2c(c1)CCN2C(=O)Cc1ccccn1)c1ccccc1C1CCCCC1. The number of fused-ring (bicyclic) bond motifs is 1. The van der Waals surface area contributed by atoms with Crippen LogP contribution in [0.25, 0.3) is 0 Å². The maximum atomic E-state index is 13.2. The highest BCUT2D eigenvalue weighted by atomic mass is 16.2. The van der Waals surface area contributed by atoms with Gasteiger partial charge in [0.05, 0.1) is 6.42 Å². The van der Waals surface area contributed by atoms with Crippen molar-refractivity contribution >= 4 is 23.2 Å². The number of nitrogens with zero attached hydrogens (tertiary/aromatic N) is 2. The summed E-state index contributed by atoms with van der Waals surface area (Å²) in [6, 6.07) is 19.5. The molecule has 1 N–H and O–H groups in total. The van der Waals surface area contributed by atoms with Gasteiger partial charge in [0, 0.05) is 35.4 Å². The van der Waals surface area contributed by atoms with Crippen LogP contribution in [0.5, 0.6) is 0 Å². The van der Waals surface area contributed by atoms with Gasteiger partial charge in [0.25, 0.3) is 5.91 Å². The molecule has 2 aliphatic rings. The van der Waals surface area contributed by atoms with Crippen LogP contribution in [0, 0.1) is 0 Å². The van der Waals surface area contributed by atoms with Gasteiger partial charge in [-0.15, -0.1) is 0 Å². The average Bonchev–Trinajstić information content (AvgIpc) is 3.29. The lowest BCUT2D eigenvalue weighted by atomic mass is 9.82. The van der Waals surface area contributed by atoms with Crippen LogP contribution in [-0.2, 0) is 17.6 Å². The topological polar surface area (TPSA) is 62.3 Å². The van der Waals surface area contributed by atoms with Crippen LogP contribution in [-0.4, -0.2) is 23.3 Å². The zero-order valence-corrected chi connectivity index (χ0v) is 18.8. The number of pyridine rings is 1. The van der Waals surface area contributed by atoms with Crippen molar-refractivity contribution in [2.45, 2.75) is 50.9 Å². The number of hydrogen-bond donors (Lipinski definition) is 1. The molecule has 1 aromatic heterocycles. The van der Waals surface area contributed by atoms with Gasteiger partial charge in [-0.25, -0.2) is 0 Å². The van der Waals surface area contributed by atoms with Crippen molar-refractivity contribution < 1.29 is 9.59 Å². The molecule has 33 heavy (non-hydrogen) atoms. The molecule has 0 radical (unpaired) electrons. The first-order valence-electron chi connectivity index (χ1n) is 11.9. The zero-order valence-electron chi connectivity index (χ0n) is 18.8. The first-order valence-corrected chi connectivity index (χ1v) is 11.9. The molecule has 1 aliphatic heterocycles. The average molecular weight is 440 g/mol. The largest absolute Gasteiger partial charge is 0.322 e. The second-order valence-electron chi connectivity index (χ2n) is 9.01. The normalized spacial score (nSPS) is 15.8. The highest BCUT2D eigenvalue weighted by molar-refractivity contribution is 6.06. The summed E-state index contributed by atoms with van der Waals surface area (Å²) in [6.07, 6.45) is 8.87. The van der Waals surface area contributed by atoms with Crippen LogP contribution in [0.1, 0.15) is 65.2 Å². The van der Waals surface area contributed by atoms with Crippen molar-refractivity contribution in [2.75, 3.05) is 16.8 Å². The third kappa shape index (κ3) is 4.68. The van der Waals surface area contributed by atoms with E-state index in [1.54, 1.807) is 6.20 Å². The number of carbonyl (C=O) groups excluding carboxylic acids is 2. The van der Waals surface area contributed by atoms with E-state index in [4.69, 9.17) is 0 Å². The minimum absolute atomic E-state index is 0.0469. The van der Waals surface area contributed by atoms with E-state index in [2.05, 4.69) is 16.4 Å². The highest BCUT2D eigenvalue weighted by Crippen LogP contribution is 2.35. The predicted molar refractivity (Wildman–Crippen MR) is 131 cm³/mol. The fraction of sp³-hybridized carbons (Fsp3) is 0.321. The van der Waals surface area contributed by atoms with Gasteiger partial charge >= 0.3 is 0 Å². The maximum Gasteiger partial charge on any atom is 0.255 e. The number of nitrogens with one attached hydrogen (secondary N) is 1. The molecule has 0 saturated heterocycles. The third-order valence-electron chi connectivity index (χ3n) is 6.84. The van der Waals surface area contributed by atoms with Crippen LogP contribution in [0.15, 0.2) is 66.9 Å². The van der Waals surface area contributed by atoms with Crippen LogP contribution < -0.4 is 10.2 Å². The quantitative estimate of drug-likeness (QED) is 0.570. The number of hydrogen-bond acceptors (Lipinski definition) is 3. The minimum Gasteiger partial charge on any atom is -0.322 e. The smallest absolute Gasteiger partial charge is 0.255 e. The molecule has 0 unspecified atom stereocenters. The lowest BCUT2D eigenvalue weighted by molar-refractivity contribution is -0.117. The molecular weight excluding hydrogens is 410 g/mol. The number of benzene rings is 2. The van der Waals surface area contributed by atoms with Gasteiger partial charge in [0.15, 0.2) is 0 Å². The van der Waals surface area contributed by atoms with Gasteiger partial charge < -0.3 is 10.2 Å². The fourth-order valence-electron chi connectivity index (χ4n) is 5.16. The summed E-state index contributed by atoms with van der Waals surface area (Å²) >= 11 is 0. The Morgan fingerprint density at radius 3 is 2.61 bits per heavy atom. The van der Waals surface area contributed by atoms with Crippen molar-refractivity contribution in [3.63, 3.8) is 0 Å². The fourth-order valence-corrected chi connectivity index (χ4v) is 5.16. The molecule has 1 aliphatic carbocycles. The molecule has 2 heterocycles. The molecule has 3 aromatic rings. The summed E-state index contributed by atoms with van der Waals surface area (Å²) < 4.78 is 0. The van der Waals surface area contributed by atoms with E-state index in [0.717, 1.165) is 47.5 Å². The minimum atomic E-state index is -0.0581. The molecule has 1 saturated carbocycles. The molecule has 0 spiro atoms. The summed E-state index contributed by atoms with van der Waals surface area (Å²) in [5.41, 5.74) is 5.51. The van der Waals surface area contributed by atoms with E-state index in [-0.39, 0.29) is 18.2 Å². The first kappa shape index (κ1) is 21.4. The van der Waals surface area contributed by atoms with E-state index < -0.39 is 0 Å². The lowest BCUT2D eigenvalue weighted by Gasteiger charge is -2.24. The van der Waals surface area contributed by atoms with E-state index in [0.29, 0.717) is 12.5 Å². The third-order valence-corrected chi connectivity index (χ3v) is 6.84. The Hall–Kier alpha value is -3.47. The number of anilines is 2. The molecule has 5 nitrogen and oxygen atoms in total. The Labute approximate surface area is 194 Å². The standard InChI is InChI=1S/C28H29N3O2/c32-27(19-22-10-6-7-16-29-22)31-17-15-21-18-23(13-14-26(21)31)30-28(33)25-12-5-4-11-24(25)20-8-2-1-3-9-20/h4-7,10-14,16,18,20H,1-3,8-9,15,17,19H2,(H,30,33). The van der Waals surface area contributed by atoms with Crippen LogP contribution in [0.4, 0.5) is 11.4 Å². The van der Waals surface area contributed by atoms with Crippen molar-refractivity contribution in [1.82, 2.24) is 4.98 Å². The molecule has 0 atom stereocenters. The van der Waals surface area contributed by atoms with Crippen LogP contribution >= 0.6 is 0 Å². The van der Waals surface area contributed by atoms with Crippen molar-refractivity contribution in [3.05, 3.63) is 89.2 Å². The summed E-state index contributed by atoms with van der Waals surface area (Å²) in [7, 11) is 0. The van der Waals surface area contributed by atoms with Gasteiger partial charge in [-0.3, -0.25) is 14.6 Å². The van der Waals surface area contributed by atoms with Gasteiger partial charge in [0.1, 0.15) is 0 Å². The number of carbonyl (C=O) groups is 2. The molecule has 168 valence electrons. The second-order valence-corrected chi connectivity index (χ2v) is 9.01. The number of amides is 2. The Morgan fingerprint density at radius 2 is 1.79 bits per heavy atom. The Kier molecular flexibility index (Phi) is 6.20. The second kappa shape index (κ2) is 9.57. The molecule has 5 rings (SSSR count). The van der Waals surface area contributed by atoms with E-state index in [1.165, 1.54) is 24.8 Å². The van der Waals surface area contributed by atoms with Crippen molar-refractivity contribution in [3.8, 4) is 0 Å². The molecule has 2 amide bonds. The predicted octanol–water partition coefficient (Wildman–Crippen LogP) is 5.51. The van der Waals surface area contributed by atoms with Gasteiger partial charge in [0.2, 0.25) is 5.91 Å². The van der Waals surface area contributed by atoms with E-state index in [9.17, 15) is 9.59 Å². The van der Waals surface area contributed by atoms with Crippen molar-refractivity contribution in [2.24, 2.45) is 0 Å². The van der Waals surface area contributed by atoms with E-state index >= 15 is 0 Å². The van der Waals surface area contributed by atoms with Gasteiger partial charge in [-0.05, 0) is 72.7 Å². The van der Waals surface area contributed by atoms with E-state index in [1.807, 2.05) is 59.5 Å². The lowest BCUT2D eigenvalue weighted by Crippen LogP contribution is -2.30. The molecule has 5 heteroatoms. The summed E-state index contributed by atoms with van der Waals surface area (Å²) in [4.78, 5) is 32.1. The van der Waals surface area contributed by atoms with Gasteiger partial charge in [-0.2, -0.15) is 0 Å². The Balaban J connectivity index is 1.30. The monoisotopic (exact) mass is 439 g/mol. The highest BCUT2D eigenvalue weighted by Gasteiger charge is 2.26. The first-order chi connectivity index (χ1) is 16.2. The van der Waals surface area contributed by atoms with Gasteiger partial charge in [-0.1, -0.05) is 43.5 Å². The number of aromatic nitrogens is 1. The number of rotatable bonds is 5. The Bertz CT molecular complexity index is 1150. The zero-order chi connectivity index (χ0) is 22.6. The van der Waals surface area contributed by atoms with Crippen LogP contribution in [0.3, 0.4) is 0 Å². The maximum absolute atomic E-state index is 13.2. The summed E-state index contributed by atoms with van der Waals surface area (Å²) in [5.74, 6) is 0.460. The van der Waals surface area contributed by atoms with Crippen molar-refractivity contribution in [1.29, 1.82) is 0 Å². The van der Waals surface area contributed by atoms with Crippen LogP contribution in [0.2, 0.25) is 0 Å². The molecule has 1 fully saturated rings. The summed E-state index contributed by atoms with van der Waals surface area (Å²) in [6.45, 7) is 0.656.